The topological polar surface area (TPSA) is 130 Å². The maximum atomic E-state index is 14.7. The van der Waals surface area contributed by atoms with E-state index in [-0.39, 0.29) is 11.5 Å². The standard InChI is InChI=1S/C33H31N3O6S/c1-19-9-7-12-23(17-19)34-32(40)35-28(22-11-8-13-24(18-22)36(41)42)26(29(37)25-14-6-5-10-20(25)2)27(33(35,4)31(38)39)30-21(3)15-16-43-30/h5-18,26-28H,1-4H3,(H,34,40)(H,38,39). The van der Waals surface area contributed by atoms with Crippen molar-refractivity contribution in [2.75, 3.05) is 5.32 Å². The monoisotopic (exact) mass is 597 g/mol. The Labute approximate surface area is 252 Å². The van der Waals surface area contributed by atoms with Gasteiger partial charge in [-0.25, -0.2) is 9.59 Å². The second kappa shape index (κ2) is 11.4. The van der Waals surface area contributed by atoms with Gasteiger partial charge in [0.05, 0.1) is 16.9 Å². The number of nitro benzene ring substituents is 1. The largest absolute Gasteiger partial charge is 0.479 e. The number of thiophene rings is 1. The predicted molar refractivity (Wildman–Crippen MR) is 165 cm³/mol. The predicted octanol–water partition coefficient (Wildman–Crippen LogP) is 7.30. The van der Waals surface area contributed by atoms with Crippen LogP contribution in [0.25, 0.3) is 0 Å². The van der Waals surface area contributed by atoms with Gasteiger partial charge in [0.15, 0.2) is 5.78 Å². The van der Waals surface area contributed by atoms with E-state index in [0.717, 1.165) is 11.1 Å². The van der Waals surface area contributed by atoms with Gasteiger partial charge in [-0.1, -0.05) is 48.5 Å². The fraction of sp³-hybridized carbons (Fsp3) is 0.242. The molecule has 0 radical (unpaired) electrons. The van der Waals surface area contributed by atoms with Gasteiger partial charge in [0.2, 0.25) is 0 Å². The highest BCUT2D eigenvalue weighted by molar-refractivity contribution is 7.10. The molecule has 1 fully saturated rings. The van der Waals surface area contributed by atoms with E-state index in [1.54, 1.807) is 49.4 Å². The number of carbonyl (C=O) groups is 3. The molecule has 2 N–H and O–H groups in total. The van der Waals surface area contributed by atoms with Crippen molar-refractivity contribution in [2.45, 2.75) is 45.2 Å². The average molecular weight is 598 g/mol. The van der Waals surface area contributed by atoms with Gasteiger partial charge in [0.25, 0.3) is 5.69 Å². The van der Waals surface area contributed by atoms with E-state index in [2.05, 4.69) is 5.32 Å². The van der Waals surface area contributed by atoms with E-state index in [1.165, 1.54) is 41.4 Å². The van der Waals surface area contributed by atoms with Gasteiger partial charge >= 0.3 is 12.0 Å². The zero-order valence-corrected chi connectivity index (χ0v) is 24.9. The van der Waals surface area contributed by atoms with Gasteiger partial charge in [0, 0.05) is 34.2 Å². The second-order valence-corrected chi connectivity index (χ2v) is 12.0. The number of nitrogens with zero attached hydrogens (tertiary/aromatic N) is 2. The van der Waals surface area contributed by atoms with Crippen molar-refractivity contribution in [3.8, 4) is 0 Å². The molecule has 4 atom stereocenters. The number of carboxylic acid groups (broad SMARTS) is 1. The molecule has 2 heterocycles. The molecule has 1 saturated heterocycles. The van der Waals surface area contributed by atoms with E-state index in [0.29, 0.717) is 27.3 Å². The van der Waals surface area contributed by atoms with Crippen LogP contribution in [-0.2, 0) is 4.79 Å². The third-order valence-electron chi connectivity index (χ3n) is 8.32. The van der Waals surface area contributed by atoms with Crippen molar-refractivity contribution in [3.05, 3.63) is 127 Å². The van der Waals surface area contributed by atoms with Crippen LogP contribution in [0.2, 0.25) is 0 Å². The van der Waals surface area contributed by atoms with Crippen molar-refractivity contribution in [1.82, 2.24) is 4.90 Å². The number of amides is 2. The van der Waals surface area contributed by atoms with E-state index < -0.39 is 40.3 Å². The van der Waals surface area contributed by atoms with Crippen LogP contribution < -0.4 is 5.32 Å². The number of nitrogens with one attached hydrogen (secondary N) is 1. The lowest BCUT2D eigenvalue weighted by atomic mass is 9.73. The minimum atomic E-state index is -1.91. The Bertz CT molecular complexity index is 1750. The number of hydrogen-bond donors (Lipinski definition) is 2. The van der Waals surface area contributed by atoms with Gasteiger partial charge in [0.1, 0.15) is 5.54 Å². The molecule has 2 amide bonds. The summed E-state index contributed by atoms with van der Waals surface area (Å²) in [7, 11) is 0. The Kier molecular flexibility index (Phi) is 7.90. The van der Waals surface area contributed by atoms with Crippen LogP contribution in [-0.4, -0.2) is 38.3 Å². The van der Waals surface area contributed by atoms with E-state index >= 15 is 0 Å². The summed E-state index contributed by atoms with van der Waals surface area (Å²) in [6, 6.07) is 19.8. The van der Waals surface area contributed by atoms with Crippen LogP contribution in [0, 0.1) is 36.8 Å². The molecule has 1 aliphatic heterocycles. The molecule has 0 aliphatic carbocycles. The first-order chi connectivity index (χ1) is 20.4. The van der Waals surface area contributed by atoms with Crippen molar-refractivity contribution in [1.29, 1.82) is 0 Å². The number of hydrogen-bond acceptors (Lipinski definition) is 6. The third kappa shape index (κ3) is 5.18. The number of carbonyl (C=O) groups excluding carboxylic acids is 2. The Morgan fingerprint density at radius 3 is 2.30 bits per heavy atom. The van der Waals surface area contributed by atoms with Crippen LogP contribution in [0.3, 0.4) is 0 Å². The number of carboxylic acids is 1. The molecule has 5 rings (SSSR count). The average Bonchev–Trinajstić information content (AvgIpc) is 3.51. The smallest absolute Gasteiger partial charge is 0.330 e. The molecule has 4 aromatic rings. The Hall–Kier alpha value is -4.83. The zero-order chi connectivity index (χ0) is 31.1. The highest BCUT2D eigenvalue weighted by atomic mass is 32.1. The number of aliphatic carboxylic acids is 1. The maximum absolute atomic E-state index is 14.7. The van der Waals surface area contributed by atoms with Crippen molar-refractivity contribution >= 4 is 40.5 Å². The minimum Gasteiger partial charge on any atom is -0.479 e. The van der Waals surface area contributed by atoms with Gasteiger partial charge in [-0.05, 0) is 73.5 Å². The van der Waals surface area contributed by atoms with Gasteiger partial charge in [-0.15, -0.1) is 11.3 Å². The SMILES string of the molecule is Cc1cccc(NC(=O)N2C(c3cccc([N+](=O)[O-])c3)C(C(=O)c3ccccc3C)C(c3sccc3C)C2(C)C(=O)O)c1. The molecule has 1 aromatic heterocycles. The molecule has 0 bridgehead atoms. The third-order valence-corrected chi connectivity index (χ3v) is 9.43. The lowest BCUT2D eigenvalue weighted by Crippen LogP contribution is -2.55. The minimum absolute atomic E-state index is 0.230. The number of Topliss-reactive ketones (excluding diaryl/α,β-unsaturated/α-hetero) is 1. The Morgan fingerprint density at radius 1 is 0.953 bits per heavy atom. The summed E-state index contributed by atoms with van der Waals surface area (Å²) in [5, 5.41) is 27.5. The fourth-order valence-corrected chi connectivity index (χ4v) is 7.43. The quantitative estimate of drug-likeness (QED) is 0.131. The molecule has 1 aliphatic rings. The molecule has 4 unspecified atom stereocenters. The molecule has 0 saturated carbocycles. The number of ketones is 1. The first kappa shape index (κ1) is 29.7. The van der Waals surface area contributed by atoms with Gasteiger partial charge < -0.3 is 10.4 Å². The lowest BCUT2D eigenvalue weighted by molar-refractivity contribution is -0.385. The van der Waals surface area contributed by atoms with Gasteiger partial charge in [-0.3, -0.25) is 19.8 Å². The summed E-state index contributed by atoms with van der Waals surface area (Å²) < 4.78 is 0. The number of non-ortho nitro benzene ring substituents is 1. The Balaban J connectivity index is 1.81. The lowest BCUT2D eigenvalue weighted by Gasteiger charge is -2.37. The summed E-state index contributed by atoms with van der Waals surface area (Å²) in [5.74, 6) is -3.68. The number of benzene rings is 3. The molecule has 220 valence electrons. The molecular weight excluding hydrogens is 566 g/mol. The number of urea groups is 1. The summed E-state index contributed by atoms with van der Waals surface area (Å²) in [5.41, 5.74) is 1.38. The summed E-state index contributed by atoms with van der Waals surface area (Å²) >= 11 is 1.33. The second-order valence-electron chi connectivity index (χ2n) is 11.1. The molecule has 10 heteroatoms. The van der Waals surface area contributed by atoms with Crippen molar-refractivity contribution in [3.63, 3.8) is 0 Å². The van der Waals surface area contributed by atoms with Crippen molar-refractivity contribution in [2.24, 2.45) is 5.92 Å². The maximum Gasteiger partial charge on any atom is 0.330 e. The number of rotatable bonds is 7. The van der Waals surface area contributed by atoms with Crippen LogP contribution >= 0.6 is 11.3 Å². The highest BCUT2D eigenvalue weighted by Crippen LogP contribution is 2.58. The molecule has 9 nitrogen and oxygen atoms in total. The number of aryl methyl sites for hydroxylation is 3. The van der Waals surface area contributed by atoms with E-state index in [9.17, 15) is 29.6 Å². The Morgan fingerprint density at radius 2 is 1.67 bits per heavy atom. The normalized spacial score (nSPS) is 21.4. The first-order valence-electron chi connectivity index (χ1n) is 13.7. The van der Waals surface area contributed by atoms with Crippen LogP contribution in [0.1, 0.15) is 56.4 Å². The van der Waals surface area contributed by atoms with E-state index in [1.807, 2.05) is 37.4 Å². The molecular formula is C33H31N3O6S. The fourth-order valence-electron chi connectivity index (χ4n) is 6.23. The highest BCUT2D eigenvalue weighted by Gasteiger charge is 2.65. The summed E-state index contributed by atoms with van der Waals surface area (Å²) in [4.78, 5) is 55.6. The van der Waals surface area contributed by atoms with Crippen LogP contribution in [0.5, 0.6) is 0 Å². The summed E-state index contributed by atoms with van der Waals surface area (Å²) in [6.45, 7) is 6.98. The molecule has 0 spiro atoms. The van der Waals surface area contributed by atoms with Crippen LogP contribution in [0.4, 0.5) is 16.2 Å². The summed E-state index contributed by atoms with van der Waals surface area (Å²) in [6.07, 6.45) is 0. The first-order valence-corrected chi connectivity index (χ1v) is 14.6. The molecule has 43 heavy (non-hydrogen) atoms. The number of anilines is 1. The van der Waals surface area contributed by atoms with Crippen LogP contribution in [0.15, 0.2) is 84.2 Å². The van der Waals surface area contributed by atoms with E-state index in [4.69, 9.17) is 0 Å². The van der Waals surface area contributed by atoms with Crippen molar-refractivity contribution < 1.29 is 24.4 Å². The number of likely N-dealkylation sites (tertiary alicyclic amines) is 1. The molecule has 3 aromatic carbocycles. The zero-order valence-electron chi connectivity index (χ0n) is 24.1. The van der Waals surface area contributed by atoms with Gasteiger partial charge in [-0.2, -0.15) is 0 Å². The number of nitro groups is 1.